The molecule has 1 fully saturated rings. The molecule has 1 unspecified atom stereocenters. The van der Waals surface area contributed by atoms with E-state index in [1.54, 1.807) is 0 Å². The predicted molar refractivity (Wildman–Crippen MR) is 58.6 cm³/mol. The molecule has 88 valence electrons. The molecule has 0 spiro atoms. The van der Waals surface area contributed by atoms with Crippen LogP contribution in [0.25, 0.3) is 0 Å². The SMILES string of the molecule is CCCC(C)(CCC)C(=O)OCC1CO1. The van der Waals surface area contributed by atoms with Crippen molar-refractivity contribution in [3.63, 3.8) is 0 Å². The van der Waals surface area contributed by atoms with Crippen LogP contribution in [0.2, 0.25) is 0 Å². The summed E-state index contributed by atoms with van der Waals surface area (Å²) >= 11 is 0. The van der Waals surface area contributed by atoms with Gasteiger partial charge in [-0.05, 0) is 19.8 Å². The van der Waals surface area contributed by atoms with Crippen molar-refractivity contribution in [3.05, 3.63) is 0 Å². The van der Waals surface area contributed by atoms with E-state index in [0.717, 1.165) is 32.3 Å². The Kier molecular flexibility index (Phi) is 4.58. The van der Waals surface area contributed by atoms with Crippen LogP contribution in [-0.2, 0) is 14.3 Å². The monoisotopic (exact) mass is 214 g/mol. The topological polar surface area (TPSA) is 38.8 Å². The van der Waals surface area contributed by atoms with Gasteiger partial charge in [0.05, 0.1) is 12.0 Å². The van der Waals surface area contributed by atoms with Gasteiger partial charge in [-0.15, -0.1) is 0 Å². The fourth-order valence-electron chi connectivity index (χ4n) is 1.94. The van der Waals surface area contributed by atoms with E-state index in [9.17, 15) is 4.79 Å². The molecule has 1 saturated heterocycles. The van der Waals surface area contributed by atoms with Gasteiger partial charge in [0.1, 0.15) is 12.7 Å². The van der Waals surface area contributed by atoms with Gasteiger partial charge in [-0.2, -0.15) is 0 Å². The van der Waals surface area contributed by atoms with Crippen molar-refractivity contribution in [2.75, 3.05) is 13.2 Å². The van der Waals surface area contributed by atoms with E-state index in [-0.39, 0.29) is 17.5 Å². The van der Waals surface area contributed by atoms with Gasteiger partial charge < -0.3 is 9.47 Å². The molecule has 1 aliphatic rings. The molecule has 1 heterocycles. The molecule has 0 radical (unpaired) electrons. The van der Waals surface area contributed by atoms with Crippen LogP contribution in [0.3, 0.4) is 0 Å². The van der Waals surface area contributed by atoms with Gasteiger partial charge in [0.15, 0.2) is 0 Å². The highest BCUT2D eigenvalue weighted by Crippen LogP contribution is 2.31. The summed E-state index contributed by atoms with van der Waals surface area (Å²) < 4.78 is 10.3. The van der Waals surface area contributed by atoms with Gasteiger partial charge in [-0.3, -0.25) is 4.79 Å². The van der Waals surface area contributed by atoms with E-state index < -0.39 is 0 Å². The summed E-state index contributed by atoms with van der Waals surface area (Å²) in [6.45, 7) is 7.39. The predicted octanol–water partition coefficient (Wildman–Crippen LogP) is 2.53. The summed E-state index contributed by atoms with van der Waals surface area (Å²) in [5.74, 6) is -0.0540. The maximum absolute atomic E-state index is 11.9. The molecule has 3 nitrogen and oxygen atoms in total. The third kappa shape index (κ3) is 3.82. The second kappa shape index (κ2) is 5.50. The van der Waals surface area contributed by atoms with Crippen LogP contribution >= 0.6 is 0 Å². The van der Waals surface area contributed by atoms with Crippen molar-refractivity contribution in [2.24, 2.45) is 5.41 Å². The first-order chi connectivity index (χ1) is 7.12. The average Bonchev–Trinajstić information content (AvgIpc) is 2.98. The van der Waals surface area contributed by atoms with Crippen molar-refractivity contribution in [1.29, 1.82) is 0 Å². The highest BCUT2D eigenvalue weighted by molar-refractivity contribution is 5.76. The molecule has 0 aromatic rings. The van der Waals surface area contributed by atoms with Crippen molar-refractivity contribution in [2.45, 2.75) is 52.6 Å². The van der Waals surface area contributed by atoms with Gasteiger partial charge in [-0.1, -0.05) is 26.7 Å². The van der Waals surface area contributed by atoms with Crippen LogP contribution < -0.4 is 0 Å². The quantitative estimate of drug-likeness (QED) is 0.483. The largest absolute Gasteiger partial charge is 0.462 e. The van der Waals surface area contributed by atoms with E-state index in [4.69, 9.17) is 9.47 Å². The zero-order valence-corrected chi connectivity index (χ0v) is 10.0. The molecule has 1 atom stereocenters. The first-order valence-electron chi connectivity index (χ1n) is 5.91. The minimum absolute atomic E-state index is 0.0540. The van der Waals surface area contributed by atoms with Crippen LogP contribution in [0, 0.1) is 5.41 Å². The lowest BCUT2D eigenvalue weighted by molar-refractivity contribution is -0.156. The summed E-state index contributed by atoms with van der Waals surface area (Å²) in [5, 5.41) is 0. The molecule has 0 bridgehead atoms. The van der Waals surface area contributed by atoms with E-state index in [2.05, 4.69) is 13.8 Å². The first kappa shape index (κ1) is 12.5. The van der Waals surface area contributed by atoms with Crippen molar-refractivity contribution < 1.29 is 14.3 Å². The Morgan fingerprint density at radius 1 is 1.40 bits per heavy atom. The number of epoxide rings is 1. The number of carbonyl (C=O) groups is 1. The van der Waals surface area contributed by atoms with Gasteiger partial charge in [0.25, 0.3) is 0 Å². The van der Waals surface area contributed by atoms with Crippen molar-refractivity contribution >= 4 is 5.97 Å². The Morgan fingerprint density at radius 3 is 2.33 bits per heavy atom. The maximum atomic E-state index is 11.9. The lowest BCUT2D eigenvalue weighted by atomic mass is 9.81. The zero-order chi connectivity index (χ0) is 11.3. The molecule has 0 aromatic heterocycles. The molecule has 0 saturated carbocycles. The first-order valence-corrected chi connectivity index (χ1v) is 5.91. The fourth-order valence-corrected chi connectivity index (χ4v) is 1.94. The fraction of sp³-hybridized carbons (Fsp3) is 0.917. The smallest absolute Gasteiger partial charge is 0.311 e. The molecular weight excluding hydrogens is 192 g/mol. The molecule has 0 N–H and O–H groups in total. The minimum atomic E-state index is -0.293. The average molecular weight is 214 g/mol. The van der Waals surface area contributed by atoms with Gasteiger partial charge in [0, 0.05) is 0 Å². The van der Waals surface area contributed by atoms with E-state index >= 15 is 0 Å². The van der Waals surface area contributed by atoms with Gasteiger partial charge in [0.2, 0.25) is 0 Å². The van der Waals surface area contributed by atoms with Gasteiger partial charge in [-0.25, -0.2) is 0 Å². The summed E-state index contributed by atoms with van der Waals surface area (Å²) in [7, 11) is 0. The van der Waals surface area contributed by atoms with E-state index in [1.807, 2.05) is 6.92 Å². The molecule has 0 amide bonds. The summed E-state index contributed by atoms with van der Waals surface area (Å²) in [6, 6.07) is 0. The Morgan fingerprint density at radius 2 is 1.93 bits per heavy atom. The van der Waals surface area contributed by atoms with Crippen molar-refractivity contribution in [1.82, 2.24) is 0 Å². The number of ether oxygens (including phenoxy) is 2. The van der Waals surface area contributed by atoms with Crippen LogP contribution in [-0.4, -0.2) is 25.3 Å². The normalized spacial score (nSPS) is 20.1. The Bertz CT molecular complexity index is 203. The minimum Gasteiger partial charge on any atom is -0.462 e. The lowest BCUT2D eigenvalue weighted by Gasteiger charge is -2.26. The van der Waals surface area contributed by atoms with E-state index in [1.165, 1.54) is 0 Å². The number of esters is 1. The Balaban J connectivity index is 2.40. The Hall–Kier alpha value is -0.570. The molecule has 1 rings (SSSR count). The molecule has 1 aliphatic heterocycles. The summed E-state index contributed by atoms with van der Waals surface area (Å²) in [4.78, 5) is 11.9. The highest BCUT2D eigenvalue weighted by atomic mass is 16.6. The van der Waals surface area contributed by atoms with Gasteiger partial charge >= 0.3 is 5.97 Å². The molecule has 15 heavy (non-hydrogen) atoms. The maximum Gasteiger partial charge on any atom is 0.311 e. The van der Waals surface area contributed by atoms with Crippen LogP contribution in [0.15, 0.2) is 0 Å². The molecular formula is C12H22O3. The molecule has 0 aliphatic carbocycles. The van der Waals surface area contributed by atoms with E-state index in [0.29, 0.717) is 6.61 Å². The number of carbonyl (C=O) groups excluding carboxylic acids is 1. The molecule has 3 heteroatoms. The van der Waals surface area contributed by atoms with Crippen LogP contribution in [0.5, 0.6) is 0 Å². The number of hydrogen-bond acceptors (Lipinski definition) is 3. The zero-order valence-electron chi connectivity index (χ0n) is 10.0. The van der Waals surface area contributed by atoms with Crippen LogP contribution in [0.1, 0.15) is 46.5 Å². The second-order valence-electron chi connectivity index (χ2n) is 4.61. The highest BCUT2D eigenvalue weighted by Gasteiger charge is 2.34. The standard InChI is InChI=1S/C12H22O3/c1-4-6-12(3,7-5-2)11(13)15-9-10-8-14-10/h10H,4-9H2,1-3H3. The molecule has 0 aromatic carbocycles. The second-order valence-corrected chi connectivity index (χ2v) is 4.61. The number of rotatable bonds is 7. The summed E-state index contributed by atoms with van der Waals surface area (Å²) in [6.07, 6.45) is 4.02. The van der Waals surface area contributed by atoms with Crippen molar-refractivity contribution in [3.8, 4) is 0 Å². The summed E-state index contributed by atoms with van der Waals surface area (Å²) in [5.41, 5.74) is -0.293. The third-order valence-electron chi connectivity index (χ3n) is 2.90. The van der Waals surface area contributed by atoms with Crippen LogP contribution in [0.4, 0.5) is 0 Å². The number of hydrogen-bond donors (Lipinski definition) is 0. The third-order valence-corrected chi connectivity index (χ3v) is 2.90. The lowest BCUT2D eigenvalue weighted by Crippen LogP contribution is -2.30. The Labute approximate surface area is 92.1 Å².